The third kappa shape index (κ3) is 25.5. The van der Waals surface area contributed by atoms with Crippen LogP contribution in [0.4, 0.5) is 9.59 Å². The fourth-order valence-corrected chi connectivity index (χ4v) is 11.0. The minimum absolute atomic E-state index is 0.0249. The van der Waals surface area contributed by atoms with E-state index in [2.05, 4.69) is 35.6 Å². The number of ketones is 1. The first kappa shape index (κ1) is 78.2. The number of carbonyl (C=O) groups excluding carboxylic acids is 10. The summed E-state index contributed by atoms with van der Waals surface area (Å²) in [5.41, 5.74) is 0.492. The van der Waals surface area contributed by atoms with Gasteiger partial charge in [0.1, 0.15) is 48.2 Å². The number of rotatable bonds is 34. The van der Waals surface area contributed by atoms with Gasteiger partial charge in [-0.25, -0.2) is 19.2 Å². The maximum Gasteiger partial charge on any atom is 0.410 e. The largest absolute Gasteiger partial charge is 0.497 e. The van der Waals surface area contributed by atoms with Crippen LogP contribution < -0.4 is 20.7 Å². The number of hydrogen-bond donors (Lipinski definition) is 4. The Morgan fingerprint density at radius 1 is 0.736 bits per heavy atom. The number of likely N-dealkylation sites (N-methyl/N-ethyl adjacent to an activating group) is 2. The Morgan fingerprint density at radius 2 is 1.35 bits per heavy atom. The van der Waals surface area contributed by atoms with Gasteiger partial charge in [-0.15, -0.1) is 0 Å². The van der Waals surface area contributed by atoms with Gasteiger partial charge in [0, 0.05) is 35.1 Å². The molecule has 1 heterocycles. The van der Waals surface area contributed by atoms with Gasteiger partial charge < -0.3 is 59.3 Å². The summed E-state index contributed by atoms with van der Waals surface area (Å²) in [6.07, 6.45) is -5.19. The highest BCUT2D eigenvalue weighted by molar-refractivity contribution is 6.76. The predicted octanol–water partition coefficient (Wildman–Crippen LogP) is 8.03. The summed E-state index contributed by atoms with van der Waals surface area (Å²) in [7, 11) is 2.58. The number of carbonyl (C=O) groups is 10. The quantitative estimate of drug-likeness (QED) is 0.0223. The van der Waals surface area contributed by atoms with Gasteiger partial charge in [0.25, 0.3) is 0 Å². The Balaban J connectivity index is 1.94. The van der Waals surface area contributed by atoms with Crippen LogP contribution in [0.3, 0.4) is 0 Å². The van der Waals surface area contributed by atoms with Gasteiger partial charge in [0.05, 0.1) is 38.2 Å². The predicted molar refractivity (Wildman–Crippen MR) is 346 cm³/mol. The van der Waals surface area contributed by atoms with E-state index in [1.54, 1.807) is 90.1 Å². The number of amides is 6. The highest BCUT2D eigenvalue weighted by Crippen LogP contribution is 2.27. The minimum atomic E-state index is -1.74. The van der Waals surface area contributed by atoms with Gasteiger partial charge in [-0.3, -0.25) is 33.7 Å². The number of esters is 3. The van der Waals surface area contributed by atoms with Gasteiger partial charge in [-0.1, -0.05) is 124 Å². The average Bonchev–Trinajstić information content (AvgIpc) is 1.80. The van der Waals surface area contributed by atoms with Gasteiger partial charge in [0.15, 0.2) is 17.9 Å². The standard InChI is InChI=1S/C67H106N6O17Si/c1-20-43(8)55(70-65(83)90-67(11,12)13)53(74)38-54(75)89-58(42(6)7)57(76)44(9)59(77)68-49(35-40(2)3)61(79)73-32-24-27-50(73)62(80)71(14)52(37-46-28-30-48(85-16)31-29-46)63(81)88-45(10)56(64(82)86-33-34-91(17,18)19)69-60(78)51(36-41(4)5)72(15)66(84)87-39-47-25-22-21-23-26-47/h21-23,25-26,28-31,40-45,49-53,55-56,58,74H,20,24,27,32-39H2,1-19H3,(H,68,77)(H,69,78)(H,70,83)/t43-,44+,45-,49+,50+,51-,52+,53+,55-,56+,58-/m1/s1. The number of nitrogens with one attached hydrogen (secondary N) is 3. The lowest BCUT2D eigenvalue weighted by atomic mass is 9.92. The number of alkyl carbamates (subject to hydrolysis) is 1. The van der Waals surface area contributed by atoms with Crippen LogP contribution in [0.15, 0.2) is 54.6 Å². The van der Waals surface area contributed by atoms with Crippen molar-refractivity contribution < 1.29 is 81.5 Å². The Morgan fingerprint density at radius 3 is 1.90 bits per heavy atom. The van der Waals surface area contributed by atoms with Gasteiger partial charge in [-0.05, 0) is 113 Å². The molecule has 0 spiro atoms. The zero-order chi connectivity index (χ0) is 68.8. The summed E-state index contributed by atoms with van der Waals surface area (Å²) in [6, 6.07) is 9.01. The molecule has 1 aliphatic heterocycles. The monoisotopic (exact) mass is 1290 g/mol. The van der Waals surface area contributed by atoms with Crippen LogP contribution in [0.25, 0.3) is 0 Å². The molecular weight excluding hydrogens is 1190 g/mol. The van der Waals surface area contributed by atoms with Crippen molar-refractivity contribution >= 4 is 67.6 Å². The summed E-state index contributed by atoms with van der Waals surface area (Å²) in [5, 5.41) is 19.4. The zero-order valence-corrected chi connectivity index (χ0v) is 58.4. The molecule has 0 aromatic heterocycles. The van der Waals surface area contributed by atoms with Crippen LogP contribution in [-0.4, -0.2) is 182 Å². The Hall–Kier alpha value is -7.08. The van der Waals surface area contributed by atoms with Crippen molar-refractivity contribution in [3.63, 3.8) is 0 Å². The Bertz CT molecular complexity index is 2730. The number of Topliss-reactive ketones (excluding diaryl/α,β-unsaturated/α-hetero) is 1. The van der Waals surface area contributed by atoms with Crippen LogP contribution >= 0.6 is 0 Å². The van der Waals surface area contributed by atoms with Crippen molar-refractivity contribution in [2.75, 3.05) is 34.4 Å². The number of aliphatic hydroxyl groups is 1. The fraction of sp³-hybridized carbons (Fsp3) is 0.672. The number of aliphatic hydroxyl groups excluding tert-OH is 1. The molecule has 6 amide bonds. The number of hydrogen-bond acceptors (Lipinski definition) is 17. The SMILES string of the molecule is CC[C@@H](C)[C@@H](NC(=O)OC(C)(C)C)[C@@H](O)CC(=O)O[C@@H](C(=O)[C@H](C)C(=O)N[C@@H](CC(C)C)C(=O)N1CCC[C@H]1C(=O)N(C)[C@@H](Cc1ccc(OC)cc1)C(=O)O[C@H](C)[C@H](NC(=O)[C@@H](CC(C)C)N(C)C(=O)OCc1ccccc1)C(=O)OCC[Si](C)(C)C)C(C)C. The number of likely N-dealkylation sites (tertiary alicyclic amines) is 1. The smallest absolute Gasteiger partial charge is 0.410 e. The summed E-state index contributed by atoms with van der Waals surface area (Å²) in [6.45, 7) is 28.5. The first-order chi connectivity index (χ1) is 42.4. The van der Waals surface area contributed by atoms with E-state index in [1.165, 1.54) is 44.9 Å². The first-order valence-electron chi connectivity index (χ1n) is 31.9. The maximum absolute atomic E-state index is 15.0. The van der Waals surface area contributed by atoms with Crippen LogP contribution in [-0.2, 0) is 75.1 Å². The molecule has 1 aliphatic rings. The molecule has 1 fully saturated rings. The lowest BCUT2D eigenvalue weighted by Gasteiger charge is -2.35. The van der Waals surface area contributed by atoms with Crippen molar-refractivity contribution in [3.05, 3.63) is 65.7 Å². The molecule has 23 nitrogen and oxygen atoms in total. The molecule has 0 aliphatic carbocycles. The van der Waals surface area contributed by atoms with E-state index in [-0.39, 0.29) is 63.2 Å². The van der Waals surface area contributed by atoms with E-state index in [0.717, 1.165) is 10.5 Å². The molecule has 2 aromatic carbocycles. The lowest BCUT2D eigenvalue weighted by molar-refractivity contribution is -0.165. The van der Waals surface area contributed by atoms with E-state index < -0.39 is 146 Å². The molecule has 0 radical (unpaired) electrons. The second kappa shape index (κ2) is 36.2. The van der Waals surface area contributed by atoms with Crippen molar-refractivity contribution in [1.82, 2.24) is 30.7 Å². The number of methoxy groups -OCH3 is 1. The van der Waals surface area contributed by atoms with E-state index >= 15 is 4.79 Å². The highest BCUT2D eigenvalue weighted by Gasteiger charge is 2.45. The molecule has 3 rings (SSSR count). The molecule has 1 saturated heterocycles. The minimum Gasteiger partial charge on any atom is -0.497 e. The molecular formula is C67H106N6O17Si. The number of benzene rings is 2. The van der Waals surface area contributed by atoms with Gasteiger partial charge >= 0.3 is 30.1 Å². The topological polar surface area (TPSA) is 292 Å². The van der Waals surface area contributed by atoms with Crippen LogP contribution in [0.5, 0.6) is 5.75 Å². The molecule has 24 heteroatoms. The van der Waals surface area contributed by atoms with Crippen molar-refractivity contribution in [1.29, 1.82) is 0 Å². The van der Waals surface area contributed by atoms with Crippen LogP contribution in [0.2, 0.25) is 25.7 Å². The molecule has 2 aromatic rings. The lowest BCUT2D eigenvalue weighted by Crippen LogP contribution is -2.58. The van der Waals surface area contributed by atoms with Crippen LogP contribution in [0.1, 0.15) is 140 Å². The number of ether oxygens (including phenoxy) is 6. The molecule has 0 unspecified atom stereocenters. The summed E-state index contributed by atoms with van der Waals surface area (Å²) in [5.74, 6) is -8.50. The summed E-state index contributed by atoms with van der Waals surface area (Å²) in [4.78, 5) is 145. The number of nitrogens with zero attached hydrogens (tertiary/aromatic N) is 3. The van der Waals surface area contributed by atoms with Crippen molar-refractivity contribution in [3.8, 4) is 5.75 Å². The summed E-state index contributed by atoms with van der Waals surface area (Å²) < 4.78 is 33.9. The van der Waals surface area contributed by atoms with Gasteiger partial charge in [-0.2, -0.15) is 0 Å². The molecule has 4 N–H and O–H groups in total. The second-order valence-electron chi connectivity index (χ2n) is 27.4. The third-order valence-electron chi connectivity index (χ3n) is 15.9. The Labute approximate surface area is 540 Å². The second-order valence-corrected chi connectivity index (χ2v) is 33.0. The highest BCUT2D eigenvalue weighted by atomic mass is 28.3. The fourth-order valence-electron chi connectivity index (χ4n) is 10.3. The molecule has 510 valence electrons. The molecule has 0 saturated carbocycles. The normalized spacial score (nSPS) is 16.7. The molecule has 91 heavy (non-hydrogen) atoms. The average molecular weight is 1300 g/mol. The molecule has 0 bridgehead atoms. The van der Waals surface area contributed by atoms with Crippen molar-refractivity contribution in [2.24, 2.45) is 29.6 Å². The van der Waals surface area contributed by atoms with E-state index in [9.17, 15) is 48.3 Å². The zero-order valence-electron chi connectivity index (χ0n) is 57.4. The molecule has 11 atom stereocenters. The van der Waals surface area contributed by atoms with Crippen molar-refractivity contribution in [2.45, 2.75) is 227 Å². The third-order valence-corrected chi connectivity index (χ3v) is 17.6. The van der Waals surface area contributed by atoms with Crippen LogP contribution in [0, 0.1) is 29.6 Å². The summed E-state index contributed by atoms with van der Waals surface area (Å²) >= 11 is 0. The van der Waals surface area contributed by atoms with E-state index in [4.69, 9.17) is 28.4 Å². The maximum atomic E-state index is 15.0. The van der Waals surface area contributed by atoms with Gasteiger partial charge in [0.2, 0.25) is 23.6 Å². The van der Waals surface area contributed by atoms with E-state index in [0.29, 0.717) is 30.2 Å². The Kier molecular flexibility index (Phi) is 31.1. The van der Waals surface area contributed by atoms with E-state index in [1.807, 2.05) is 40.7 Å². The first-order valence-corrected chi connectivity index (χ1v) is 35.6.